The number of nitrogens with one attached hydrogen (secondary N) is 1. The Bertz CT molecular complexity index is 588. The van der Waals surface area contributed by atoms with Crippen molar-refractivity contribution in [1.29, 1.82) is 0 Å². The maximum Gasteiger partial charge on any atom is 0.573 e. The minimum absolute atomic E-state index is 0.0378. The molecule has 3 N–H and O–H groups in total. The summed E-state index contributed by atoms with van der Waals surface area (Å²) in [6, 6.07) is 5.60. The zero-order chi connectivity index (χ0) is 17.3. The van der Waals surface area contributed by atoms with E-state index >= 15 is 0 Å². The Labute approximate surface area is 132 Å². The van der Waals surface area contributed by atoms with Gasteiger partial charge in [-0.2, -0.15) is 0 Å². The molecule has 5 nitrogen and oxygen atoms in total. The highest BCUT2D eigenvalue weighted by Gasteiger charge is 2.48. The van der Waals surface area contributed by atoms with Gasteiger partial charge in [0.05, 0.1) is 17.8 Å². The first kappa shape index (κ1) is 17.4. The molecule has 1 aromatic carbocycles. The van der Waals surface area contributed by atoms with Crippen molar-refractivity contribution in [3.8, 4) is 5.75 Å². The molecule has 0 radical (unpaired) electrons. The lowest BCUT2D eigenvalue weighted by molar-refractivity contribution is -0.274. The fourth-order valence-electron chi connectivity index (χ4n) is 2.61. The third kappa shape index (κ3) is 4.07. The molecule has 0 saturated heterocycles. The minimum atomic E-state index is -4.77. The molecule has 2 atom stereocenters. The summed E-state index contributed by atoms with van der Waals surface area (Å²) in [5, 5.41) is 2.66. The third-order valence-electron chi connectivity index (χ3n) is 4.08. The van der Waals surface area contributed by atoms with Crippen LogP contribution in [-0.4, -0.2) is 31.6 Å². The number of para-hydroxylation sites is 2. The molecule has 128 valence electrons. The number of nitrogens with two attached hydrogens (primary N) is 1. The van der Waals surface area contributed by atoms with Crippen LogP contribution >= 0.6 is 0 Å². The molecule has 8 heteroatoms. The van der Waals surface area contributed by atoms with Crippen LogP contribution in [0.15, 0.2) is 29.3 Å². The van der Waals surface area contributed by atoms with Gasteiger partial charge in [-0.15, -0.1) is 13.2 Å². The van der Waals surface area contributed by atoms with E-state index in [4.69, 9.17) is 10.5 Å². The Balaban J connectivity index is 2.09. The number of anilines is 1. The number of methoxy groups -OCH3 is 1. The summed E-state index contributed by atoms with van der Waals surface area (Å²) in [5.74, 6) is -0.323. The molecule has 0 aliphatic heterocycles. The monoisotopic (exact) mass is 331 g/mol. The van der Waals surface area contributed by atoms with Gasteiger partial charge in [-0.1, -0.05) is 26.0 Å². The van der Waals surface area contributed by atoms with Crippen LogP contribution in [0.4, 0.5) is 18.9 Å². The number of nitrogens with zero attached hydrogens (tertiary/aromatic N) is 1. The summed E-state index contributed by atoms with van der Waals surface area (Å²) >= 11 is 0. The summed E-state index contributed by atoms with van der Waals surface area (Å²) in [4.78, 5) is 4.33. The molecule has 0 bridgehead atoms. The van der Waals surface area contributed by atoms with E-state index in [2.05, 4.69) is 15.0 Å². The third-order valence-corrected chi connectivity index (χ3v) is 4.08. The summed E-state index contributed by atoms with van der Waals surface area (Å²) in [5.41, 5.74) is 5.74. The van der Waals surface area contributed by atoms with Crippen LogP contribution in [0.1, 0.15) is 20.3 Å². The number of hydrogen-bond donors (Lipinski definition) is 2. The number of guanidine groups is 1. The molecule has 23 heavy (non-hydrogen) atoms. The highest BCUT2D eigenvalue weighted by Crippen LogP contribution is 2.44. The van der Waals surface area contributed by atoms with Crippen LogP contribution < -0.4 is 15.8 Å². The molecule has 0 heterocycles. The van der Waals surface area contributed by atoms with Gasteiger partial charge in [-0.25, -0.2) is 4.99 Å². The zero-order valence-electron chi connectivity index (χ0n) is 13.1. The normalized spacial score (nSPS) is 24.0. The largest absolute Gasteiger partial charge is 0.573 e. The Kier molecular flexibility index (Phi) is 4.74. The van der Waals surface area contributed by atoms with Crippen molar-refractivity contribution in [2.45, 2.75) is 38.8 Å². The molecule has 1 fully saturated rings. The second-order valence-corrected chi connectivity index (χ2v) is 5.98. The maximum absolute atomic E-state index is 12.4. The second kappa shape index (κ2) is 6.27. The van der Waals surface area contributed by atoms with E-state index in [1.807, 2.05) is 13.8 Å². The molecule has 0 spiro atoms. The van der Waals surface area contributed by atoms with Crippen LogP contribution in [-0.2, 0) is 4.74 Å². The Morgan fingerprint density at radius 2 is 2.00 bits per heavy atom. The summed E-state index contributed by atoms with van der Waals surface area (Å²) in [6.45, 7) is 4.01. The van der Waals surface area contributed by atoms with Crippen molar-refractivity contribution in [2.24, 2.45) is 16.1 Å². The van der Waals surface area contributed by atoms with Gasteiger partial charge in [0.15, 0.2) is 11.7 Å². The standard InChI is InChI=1S/C15H20F3N3O2/c1-14(2)11(8-12(14)22-3)21-13(19)20-9-6-4-5-7-10(9)23-15(16,17)18/h4-7,11-12H,8H2,1-3H3,(H3,19,20,21). The second-order valence-electron chi connectivity index (χ2n) is 5.98. The van der Waals surface area contributed by atoms with Crippen molar-refractivity contribution in [2.75, 3.05) is 12.4 Å². The molecule has 1 aliphatic rings. The van der Waals surface area contributed by atoms with E-state index in [0.717, 1.165) is 0 Å². The minimum Gasteiger partial charge on any atom is -0.404 e. The first-order chi connectivity index (χ1) is 10.6. The lowest BCUT2D eigenvalue weighted by Crippen LogP contribution is -2.54. The van der Waals surface area contributed by atoms with E-state index in [1.165, 1.54) is 18.2 Å². The Morgan fingerprint density at radius 3 is 2.57 bits per heavy atom. The predicted molar refractivity (Wildman–Crippen MR) is 81.4 cm³/mol. The lowest BCUT2D eigenvalue weighted by atomic mass is 9.65. The Morgan fingerprint density at radius 1 is 1.35 bits per heavy atom. The SMILES string of the molecule is COC1CC(N=C(N)Nc2ccccc2OC(F)(F)F)C1(C)C. The van der Waals surface area contributed by atoms with Gasteiger partial charge >= 0.3 is 6.36 Å². The Hall–Kier alpha value is -1.96. The van der Waals surface area contributed by atoms with Crippen molar-refractivity contribution in [3.63, 3.8) is 0 Å². The van der Waals surface area contributed by atoms with Gasteiger partial charge in [0.2, 0.25) is 0 Å². The average Bonchev–Trinajstić information content (AvgIpc) is 2.43. The number of alkyl halides is 3. The van der Waals surface area contributed by atoms with Crippen LogP contribution in [0.2, 0.25) is 0 Å². The topological polar surface area (TPSA) is 68.9 Å². The quantitative estimate of drug-likeness (QED) is 0.657. The van der Waals surface area contributed by atoms with Crippen LogP contribution in [0, 0.1) is 5.41 Å². The maximum atomic E-state index is 12.4. The van der Waals surface area contributed by atoms with Crippen molar-refractivity contribution in [1.82, 2.24) is 0 Å². The zero-order valence-corrected chi connectivity index (χ0v) is 13.1. The fraction of sp³-hybridized carbons (Fsp3) is 0.533. The van der Waals surface area contributed by atoms with Gasteiger partial charge < -0.3 is 20.5 Å². The molecule has 2 rings (SSSR count). The van der Waals surface area contributed by atoms with E-state index in [1.54, 1.807) is 13.2 Å². The number of halogens is 3. The van der Waals surface area contributed by atoms with Crippen molar-refractivity contribution in [3.05, 3.63) is 24.3 Å². The van der Waals surface area contributed by atoms with Gasteiger partial charge in [-0.3, -0.25) is 0 Å². The molecular formula is C15H20F3N3O2. The highest BCUT2D eigenvalue weighted by molar-refractivity contribution is 5.93. The van der Waals surface area contributed by atoms with E-state index in [0.29, 0.717) is 6.42 Å². The molecule has 2 unspecified atom stereocenters. The molecule has 1 aromatic rings. The van der Waals surface area contributed by atoms with Crippen LogP contribution in [0.5, 0.6) is 5.75 Å². The predicted octanol–water partition coefficient (Wildman–Crippen LogP) is 3.13. The smallest absolute Gasteiger partial charge is 0.404 e. The van der Waals surface area contributed by atoms with Gasteiger partial charge in [0.1, 0.15) is 0 Å². The first-order valence-electron chi connectivity index (χ1n) is 7.11. The van der Waals surface area contributed by atoms with E-state index in [9.17, 15) is 13.2 Å². The van der Waals surface area contributed by atoms with Gasteiger partial charge in [-0.05, 0) is 18.6 Å². The molecule has 0 amide bonds. The van der Waals surface area contributed by atoms with Gasteiger partial charge in [0, 0.05) is 12.5 Å². The molecule has 1 aliphatic carbocycles. The van der Waals surface area contributed by atoms with E-state index < -0.39 is 6.36 Å². The van der Waals surface area contributed by atoms with Crippen LogP contribution in [0.25, 0.3) is 0 Å². The number of aliphatic imine (C=N–C) groups is 1. The van der Waals surface area contributed by atoms with Gasteiger partial charge in [0.25, 0.3) is 0 Å². The first-order valence-corrected chi connectivity index (χ1v) is 7.11. The van der Waals surface area contributed by atoms with Crippen molar-refractivity contribution < 1.29 is 22.6 Å². The van der Waals surface area contributed by atoms with E-state index in [-0.39, 0.29) is 35.0 Å². The summed E-state index contributed by atoms with van der Waals surface area (Å²) in [7, 11) is 1.64. The molecule has 1 saturated carbocycles. The summed E-state index contributed by atoms with van der Waals surface area (Å²) in [6.07, 6.45) is -3.97. The number of rotatable bonds is 4. The molecular weight excluding hydrogens is 311 g/mol. The number of hydrogen-bond acceptors (Lipinski definition) is 3. The van der Waals surface area contributed by atoms with Crippen LogP contribution in [0.3, 0.4) is 0 Å². The lowest BCUT2D eigenvalue weighted by Gasteiger charge is -2.48. The number of benzene rings is 1. The molecule has 0 aromatic heterocycles. The number of ether oxygens (including phenoxy) is 2. The highest BCUT2D eigenvalue weighted by atomic mass is 19.4. The fourth-order valence-corrected chi connectivity index (χ4v) is 2.61. The van der Waals surface area contributed by atoms with Crippen molar-refractivity contribution >= 4 is 11.6 Å². The summed E-state index contributed by atoms with van der Waals surface area (Å²) < 4.78 is 46.5. The average molecular weight is 331 g/mol.